The average Bonchev–Trinajstić information content (AvgIpc) is 3.31. The molecule has 1 saturated carbocycles. The Morgan fingerprint density at radius 3 is 2.23 bits per heavy atom. The first kappa shape index (κ1) is 27.0. The number of piperazine rings is 1. The van der Waals surface area contributed by atoms with Crippen molar-refractivity contribution in [2.75, 3.05) is 29.4 Å². The van der Waals surface area contributed by atoms with Gasteiger partial charge in [-0.2, -0.15) is 8.42 Å². The minimum Gasteiger partial charge on any atom is -0.345 e. The third-order valence-electron chi connectivity index (χ3n) is 7.24. The summed E-state index contributed by atoms with van der Waals surface area (Å²) < 4.78 is 96.4. The summed E-state index contributed by atoms with van der Waals surface area (Å²) in [5, 5.41) is 3.20. The molecule has 0 bridgehead atoms. The number of fused-ring (bicyclic) bond motifs is 1. The highest BCUT2D eigenvalue weighted by Crippen LogP contribution is 2.48. The van der Waals surface area contributed by atoms with Gasteiger partial charge in [0, 0.05) is 19.6 Å². The van der Waals surface area contributed by atoms with Crippen LogP contribution in [0.4, 0.5) is 24.9 Å². The fourth-order valence-corrected chi connectivity index (χ4v) is 9.50. The number of halogens is 3. The van der Waals surface area contributed by atoms with Crippen molar-refractivity contribution in [2.45, 2.75) is 45.9 Å². The Balaban J connectivity index is 1.44. The molecule has 3 aromatic heterocycles. The molecule has 40 heavy (non-hydrogen) atoms. The van der Waals surface area contributed by atoms with Crippen LogP contribution in [0.3, 0.4) is 0 Å². The minimum atomic E-state index is -4.60. The van der Waals surface area contributed by atoms with E-state index in [2.05, 4.69) is 15.1 Å². The van der Waals surface area contributed by atoms with Crippen molar-refractivity contribution < 1.29 is 30.0 Å². The molecule has 1 saturated heterocycles. The van der Waals surface area contributed by atoms with E-state index in [1.807, 2.05) is 4.90 Å². The number of aromatic nitrogens is 4. The highest BCUT2D eigenvalue weighted by atomic mass is 32.3. The fraction of sp³-hybridized carbons (Fsp3) is 0.375. The molecular weight excluding hydrogens is 589 g/mol. The number of nitrogens with zero attached hydrogens (tertiary/aromatic N) is 6. The standard InChI is InChI=1S/C24H23F3N6O4S3/c1-14(2)39(34,35)18-5-6-19(38-18)40(36,37)33-21-17(27)4-3-16(26)20(21)22(30-33)32-10-9-31(13-24(32)7-8-24)23-28-11-15(25)12-29-23/h3-6,11-12,14H,7-10,13H2,1-2H3. The van der Waals surface area contributed by atoms with Gasteiger partial charge in [0.2, 0.25) is 5.95 Å². The SMILES string of the molecule is CC(C)S(=O)(=O)c1ccc(S(=O)(=O)n2nc(N3CCN(c4ncc(F)cn4)CC34CC4)c3c(F)ccc(F)c32)s1. The van der Waals surface area contributed by atoms with Crippen LogP contribution in [0.1, 0.15) is 26.7 Å². The second-order valence-corrected chi connectivity index (χ2v) is 15.9. The van der Waals surface area contributed by atoms with Crippen molar-refractivity contribution in [3.05, 3.63) is 54.1 Å². The molecule has 1 aliphatic carbocycles. The zero-order chi connectivity index (χ0) is 28.6. The Labute approximate surface area is 232 Å². The van der Waals surface area contributed by atoms with E-state index >= 15 is 8.78 Å². The normalized spacial score (nSPS) is 17.4. The summed E-state index contributed by atoms with van der Waals surface area (Å²) in [7, 11) is -8.36. The van der Waals surface area contributed by atoms with Crippen LogP contribution < -0.4 is 9.80 Å². The molecule has 6 rings (SSSR count). The number of hydrogen-bond donors (Lipinski definition) is 0. The van der Waals surface area contributed by atoms with E-state index in [0.717, 1.165) is 30.6 Å². The van der Waals surface area contributed by atoms with Crippen molar-refractivity contribution in [2.24, 2.45) is 0 Å². The van der Waals surface area contributed by atoms with Crippen LogP contribution >= 0.6 is 11.3 Å². The summed E-state index contributed by atoms with van der Waals surface area (Å²) in [4.78, 5) is 11.7. The fourth-order valence-electron chi connectivity index (χ4n) is 4.92. The van der Waals surface area contributed by atoms with Crippen LogP contribution in [-0.4, -0.2) is 66.4 Å². The highest BCUT2D eigenvalue weighted by molar-refractivity contribution is 7.95. The van der Waals surface area contributed by atoms with Crippen molar-refractivity contribution in [3.63, 3.8) is 0 Å². The summed E-state index contributed by atoms with van der Waals surface area (Å²) in [6, 6.07) is 4.06. The van der Waals surface area contributed by atoms with Crippen molar-refractivity contribution >= 4 is 53.9 Å². The van der Waals surface area contributed by atoms with Gasteiger partial charge in [-0.25, -0.2) is 31.6 Å². The van der Waals surface area contributed by atoms with E-state index in [-0.39, 0.29) is 26.2 Å². The van der Waals surface area contributed by atoms with Gasteiger partial charge < -0.3 is 9.80 Å². The van der Waals surface area contributed by atoms with Crippen LogP contribution in [0.5, 0.6) is 0 Å². The van der Waals surface area contributed by atoms with Crippen LogP contribution in [0.25, 0.3) is 10.9 Å². The summed E-state index contributed by atoms with van der Waals surface area (Å²) >= 11 is 0.531. The second-order valence-electron chi connectivity index (χ2n) is 10.1. The lowest BCUT2D eigenvalue weighted by atomic mass is 10.1. The number of rotatable bonds is 6. The smallest absolute Gasteiger partial charge is 0.293 e. The molecule has 4 heterocycles. The van der Waals surface area contributed by atoms with Gasteiger partial charge in [-0.1, -0.05) is 0 Å². The zero-order valence-corrected chi connectivity index (χ0v) is 23.7. The van der Waals surface area contributed by atoms with Crippen LogP contribution in [0.2, 0.25) is 0 Å². The molecule has 0 unspecified atom stereocenters. The van der Waals surface area contributed by atoms with Crippen LogP contribution in [0, 0.1) is 17.5 Å². The second kappa shape index (κ2) is 9.14. The first-order valence-electron chi connectivity index (χ1n) is 12.3. The Hall–Kier alpha value is -3.24. The number of sulfone groups is 1. The van der Waals surface area contributed by atoms with Gasteiger partial charge in [-0.3, -0.25) is 0 Å². The zero-order valence-electron chi connectivity index (χ0n) is 21.3. The van der Waals surface area contributed by atoms with Gasteiger partial charge in [-0.05, 0) is 51.0 Å². The van der Waals surface area contributed by atoms with Gasteiger partial charge >= 0.3 is 0 Å². The Kier molecular flexibility index (Phi) is 6.16. The van der Waals surface area contributed by atoms with Gasteiger partial charge in [0.05, 0.1) is 28.6 Å². The number of thiophene rings is 1. The maximum Gasteiger partial charge on any atom is 0.293 e. The van der Waals surface area contributed by atoms with Gasteiger partial charge in [0.1, 0.15) is 19.8 Å². The molecule has 16 heteroatoms. The molecule has 2 aliphatic rings. The summed E-state index contributed by atoms with van der Waals surface area (Å²) in [6.45, 7) is 3.94. The molecular formula is C24H23F3N6O4S3. The van der Waals surface area contributed by atoms with E-state index in [9.17, 15) is 21.2 Å². The highest BCUT2D eigenvalue weighted by Gasteiger charge is 2.53. The quantitative estimate of drug-likeness (QED) is 0.322. The van der Waals surface area contributed by atoms with E-state index in [1.165, 1.54) is 19.9 Å². The van der Waals surface area contributed by atoms with E-state index in [4.69, 9.17) is 0 Å². The Morgan fingerprint density at radius 1 is 0.925 bits per heavy atom. The molecule has 1 aromatic carbocycles. The Morgan fingerprint density at radius 2 is 1.57 bits per heavy atom. The van der Waals surface area contributed by atoms with E-state index in [1.54, 1.807) is 4.90 Å². The van der Waals surface area contributed by atoms with E-state index in [0.29, 0.717) is 47.3 Å². The molecule has 0 radical (unpaired) electrons. The molecule has 0 N–H and O–H groups in total. The molecule has 0 atom stereocenters. The monoisotopic (exact) mass is 612 g/mol. The van der Waals surface area contributed by atoms with Crippen LogP contribution in [-0.2, 0) is 19.9 Å². The summed E-state index contributed by atoms with van der Waals surface area (Å²) in [5.74, 6) is -2.11. The van der Waals surface area contributed by atoms with Crippen molar-refractivity contribution in [3.8, 4) is 0 Å². The molecule has 2 fully saturated rings. The van der Waals surface area contributed by atoms with Gasteiger partial charge in [0.25, 0.3) is 10.0 Å². The molecule has 4 aromatic rings. The number of benzene rings is 1. The maximum absolute atomic E-state index is 15.3. The predicted molar refractivity (Wildman–Crippen MR) is 142 cm³/mol. The molecule has 212 valence electrons. The molecule has 0 amide bonds. The van der Waals surface area contributed by atoms with Crippen molar-refractivity contribution in [1.82, 2.24) is 19.2 Å². The lowest BCUT2D eigenvalue weighted by Gasteiger charge is -2.42. The lowest BCUT2D eigenvalue weighted by Crippen LogP contribution is -2.56. The maximum atomic E-state index is 15.3. The first-order valence-corrected chi connectivity index (χ1v) is 16.1. The minimum absolute atomic E-state index is 0.0284. The lowest BCUT2D eigenvalue weighted by molar-refractivity contribution is 0.496. The topological polar surface area (TPSA) is 118 Å². The average molecular weight is 613 g/mol. The third-order valence-corrected chi connectivity index (χ3v) is 13.0. The number of hydrogen-bond acceptors (Lipinski definition) is 10. The van der Waals surface area contributed by atoms with E-state index < -0.39 is 53.6 Å². The summed E-state index contributed by atoms with van der Waals surface area (Å²) in [6.07, 6.45) is 3.47. The third kappa shape index (κ3) is 4.15. The summed E-state index contributed by atoms with van der Waals surface area (Å²) in [5.41, 5.74) is -1.12. The van der Waals surface area contributed by atoms with Crippen molar-refractivity contribution in [1.29, 1.82) is 0 Å². The first-order chi connectivity index (χ1) is 18.8. The van der Waals surface area contributed by atoms with Gasteiger partial charge in [-0.15, -0.1) is 20.5 Å². The Bertz CT molecular complexity index is 1850. The molecule has 1 spiro atoms. The largest absolute Gasteiger partial charge is 0.345 e. The molecule has 1 aliphatic heterocycles. The van der Waals surface area contributed by atoms with Gasteiger partial charge in [0.15, 0.2) is 27.3 Å². The molecule has 10 nitrogen and oxygen atoms in total. The van der Waals surface area contributed by atoms with Crippen LogP contribution in [0.15, 0.2) is 45.1 Å². The number of anilines is 2. The predicted octanol–water partition coefficient (Wildman–Crippen LogP) is 3.58.